The molecule has 1 unspecified atom stereocenters. The van der Waals surface area contributed by atoms with Gasteiger partial charge in [0.05, 0.1) is 5.92 Å². The molecule has 0 spiro atoms. The van der Waals surface area contributed by atoms with Crippen molar-refractivity contribution >= 4 is 17.5 Å². The number of ether oxygens (including phenoxy) is 2. The van der Waals surface area contributed by atoms with Crippen molar-refractivity contribution < 1.29 is 19.1 Å². The molecule has 138 valence electrons. The van der Waals surface area contributed by atoms with Gasteiger partial charge in [0.1, 0.15) is 0 Å². The molecule has 1 aliphatic carbocycles. The fourth-order valence-electron chi connectivity index (χ4n) is 3.81. The highest BCUT2D eigenvalue weighted by Gasteiger charge is 2.35. The standard InChI is InChI=1S/C20H24N2O4/c23-19-10-15(20(24)21-9-8-14-4-2-1-3-5-14)12-22(19)16-6-7-17-18(11-16)26-13-25-17/h4,6-7,11,15H,1-3,5,8-10,12-13H2,(H,21,24). The van der Waals surface area contributed by atoms with Gasteiger partial charge in [-0.3, -0.25) is 9.59 Å². The number of anilines is 1. The molecule has 0 aromatic heterocycles. The number of nitrogens with one attached hydrogen (secondary N) is 1. The lowest BCUT2D eigenvalue weighted by Gasteiger charge is -2.17. The molecule has 26 heavy (non-hydrogen) atoms. The van der Waals surface area contributed by atoms with E-state index in [0.717, 1.165) is 24.9 Å². The third-order valence-electron chi connectivity index (χ3n) is 5.29. The van der Waals surface area contributed by atoms with Crippen molar-refractivity contribution in [1.29, 1.82) is 0 Å². The van der Waals surface area contributed by atoms with Crippen molar-refractivity contribution in [3.63, 3.8) is 0 Å². The Balaban J connectivity index is 1.32. The second-order valence-corrected chi connectivity index (χ2v) is 7.09. The average Bonchev–Trinajstić information content (AvgIpc) is 3.28. The summed E-state index contributed by atoms with van der Waals surface area (Å²) >= 11 is 0. The van der Waals surface area contributed by atoms with E-state index in [9.17, 15) is 9.59 Å². The smallest absolute Gasteiger partial charge is 0.231 e. The number of hydrogen-bond acceptors (Lipinski definition) is 4. The predicted molar refractivity (Wildman–Crippen MR) is 97.2 cm³/mol. The Labute approximate surface area is 153 Å². The van der Waals surface area contributed by atoms with Crippen LogP contribution < -0.4 is 19.7 Å². The maximum Gasteiger partial charge on any atom is 0.231 e. The van der Waals surface area contributed by atoms with E-state index < -0.39 is 0 Å². The Morgan fingerprint density at radius 1 is 1.23 bits per heavy atom. The van der Waals surface area contributed by atoms with E-state index in [1.165, 1.54) is 18.4 Å². The van der Waals surface area contributed by atoms with Crippen LogP contribution in [-0.4, -0.2) is 31.7 Å². The van der Waals surface area contributed by atoms with Crippen LogP contribution in [0.5, 0.6) is 11.5 Å². The largest absolute Gasteiger partial charge is 0.454 e. The van der Waals surface area contributed by atoms with Crippen LogP contribution in [-0.2, 0) is 9.59 Å². The second kappa shape index (κ2) is 7.40. The molecule has 1 aromatic carbocycles. The molecule has 2 amide bonds. The molecular formula is C20H24N2O4. The number of benzene rings is 1. The number of amides is 2. The minimum absolute atomic E-state index is 0.0287. The van der Waals surface area contributed by atoms with Gasteiger partial charge in [-0.15, -0.1) is 0 Å². The highest BCUT2D eigenvalue weighted by molar-refractivity contribution is 6.00. The Morgan fingerprint density at radius 3 is 2.96 bits per heavy atom. The van der Waals surface area contributed by atoms with Gasteiger partial charge in [0, 0.05) is 31.3 Å². The van der Waals surface area contributed by atoms with Crippen molar-refractivity contribution in [3.8, 4) is 11.5 Å². The molecule has 4 rings (SSSR count). The lowest BCUT2D eigenvalue weighted by Crippen LogP contribution is -2.33. The van der Waals surface area contributed by atoms with Crippen LogP contribution in [0.3, 0.4) is 0 Å². The van der Waals surface area contributed by atoms with E-state index in [4.69, 9.17) is 9.47 Å². The summed E-state index contributed by atoms with van der Waals surface area (Å²) in [6.45, 7) is 1.26. The van der Waals surface area contributed by atoms with Crippen molar-refractivity contribution in [2.75, 3.05) is 24.8 Å². The first-order chi connectivity index (χ1) is 12.7. The van der Waals surface area contributed by atoms with Crippen molar-refractivity contribution in [3.05, 3.63) is 29.8 Å². The van der Waals surface area contributed by atoms with Crippen LogP contribution in [0.25, 0.3) is 0 Å². The van der Waals surface area contributed by atoms with Gasteiger partial charge in [-0.25, -0.2) is 0 Å². The Hall–Kier alpha value is -2.50. The monoisotopic (exact) mass is 356 g/mol. The molecular weight excluding hydrogens is 332 g/mol. The van der Waals surface area contributed by atoms with Crippen LogP contribution in [0.1, 0.15) is 38.5 Å². The summed E-state index contributed by atoms with van der Waals surface area (Å²) in [7, 11) is 0. The minimum atomic E-state index is -0.298. The molecule has 0 saturated carbocycles. The summed E-state index contributed by atoms with van der Waals surface area (Å²) in [5.74, 6) is 0.973. The fourth-order valence-corrected chi connectivity index (χ4v) is 3.81. The molecule has 1 saturated heterocycles. The number of carbonyl (C=O) groups is 2. The van der Waals surface area contributed by atoms with E-state index in [1.807, 2.05) is 6.07 Å². The zero-order valence-electron chi connectivity index (χ0n) is 14.8. The first-order valence-corrected chi connectivity index (χ1v) is 9.36. The van der Waals surface area contributed by atoms with Crippen LogP contribution in [0.4, 0.5) is 5.69 Å². The van der Waals surface area contributed by atoms with Gasteiger partial charge in [-0.2, -0.15) is 0 Å². The van der Waals surface area contributed by atoms with Gasteiger partial charge >= 0.3 is 0 Å². The summed E-state index contributed by atoms with van der Waals surface area (Å²) in [6.07, 6.45) is 8.30. The molecule has 0 radical (unpaired) electrons. The summed E-state index contributed by atoms with van der Waals surface area (Å²) < 4.78 is 10.7. The topological polar surface area (TPSA) is 67.9 Å². The number of hydrogen-bond donors (Lipinski definition) is 1. The molecule has 2 aliphatic heterocycles. The number of allylic oxidation sites excluding steroid dienone is 1. The fraction of sp³-hybridized carbons (Fsp3) is 0.500. The molecule has 1 aromatic rings. The van der Waals surface area contributed by atoms with Crippen LogP contribution in [0, 0.1) is 5.92 Å². The molecule has 6 nitrogen and oxygen atoms in total. The Bertz CT molecular complexity index is 743. The molecule has 1 N–H and O–H groups in total. The van der Waals surface area contributed by atoms with E-state index >= 15 is 0 Å². The Morgan fingerprint density at radius 2 is 2.12 bits per heavy atom. The quantitative estimate of drug-likeness (QED) is 0.824. The van der Waals surface area contributed by atoms with Gasteiger partial charge in [0.25, 0.3) is 0 Å². The van der Waals surface area contributed by atoms with Crippen molar-refractivity contribution in [2.24, 2.45) is 5.92 Å². The van der Waals surface area contributed by atoms with Crippen LogP contribution in [0.15, 0.2) is 29.8 Å². The first kappa shape index (κ1) is 16.9. The maximum atomic E-state index is 12.4. The van der Waals surface area contributed by atoms with Gasteiger partial charge in [-0.1, -0.05) is 11.6 Å². The van der Waals surface area contributed by atoms with Gasteiger partial charge < -0.3 is 19.7 Å². The lowest BCUT2D eigenvalue weighted by molar-refractivity contribution is -0.126. The summed E-state index contributed by atoms with van der Waals surface area (Å²) in [6, 6.07) is 5.44. The predicted octanol–water partition coefficient (Wildman–Crippen LogP) is 2.77. The van der Waals surface area contributed by atoms with Gasteiger partial charge in [0.15, 0.2) is 11.5 Å². The summed E-state index contributed by atoms with van der Waals surface area (Å²) in [4.78, 5) is 26.5. The van der Waals surface area contributed by atoms with E-state index in [0.29, 0.717) is 24.6 Å². The number of carbonyl (C=O) groups excluding carboxylic acids is 2. The number of rotatable bonds is 5. The third-order valence-corrected chi connectivity index (χ3v) is 5.29. The number of nitrogens with zero attached hydrogens (tertiary/aromatic N) is 1. The minimum Gasteiger partial charge on any atom is -0.454 e. The zero-order chi connectivity index (χ0) is 17.9. The average molecular weight is 356 g/mol. The molecule has 6 heteroatoms. The van der Waals surface area contributed by atoms with E-state index in [-0.39, 0.29) is 30.9 Å². The third kappa shape index (κ3) is 3.54. The summed E-state index contributed by atoms with van der Waals surface area (Å²) in [5, 5.41) is 3.00. The normalized spacial score (nSPS) is 21.7. The SMILES string of the molecule is O=C(NCCC1=CCCCC1)C1CC(=O)N(c2ccc3c(c2)OCO3)C1. The van der Waals surface area contributed by atoms with Crippen LogP contribution >= 0.6 is 0 Å². The van der Waals surface area contributed by atoms with Crippen molar-refractivity contribution in [2.45, 2.75) is 38.5 Å². The summed E-state index contributed by atoms with van der Waals surface area (Å²) in [5.41, 5.74) is 2.20. The maximum absolute atomic E-state index is 12.4. The molecule has 1 fully saturated rings. The first-order valence-electron chi connectivity index (χ1n) is 9.36. The second-order valence-electron chi connectivity index (χ2n) is 7.09. The van der Waals surface area contributed by atoms with Crippen molar-refractivity contribution in [1.82, 2.24) is 5.32 Å². The van der Waals surface area contributed by atoms with Gasteiger partial charge in [-0.05, 0) is 44.2 Å². The zero-order valence-corrected chi connectivity index (χ0v) is 14.8. The highest BCUT2D eigenvalue weighted by atomic mass is 16.7. The molecule has 0 bridgehead atoms. The number of fused-ring (bicyclic) bond motifs is 1. The van der Waals surface area contributed by atoms with E-state index in [1.54, 1.807) is 17.0 Å². The molecule has 3 aliphatic rings. The molecule has 2 heterocycles. The lowest BCUT2D eigenvalue weighted by atomic mass is 9.97. The van der Waals surface area contributed by atoms with Gasteiger partial charge in [0.2, 0.25) is 18.6 Å². The Kier molecular flexibility index (Phi) is 4.82. The van der Waals surface area contributed by atoms with E-state index in [2.05, 4.69) is 11.4 Å². The molecule has 1 atom stereocenters. The highest BCUT2D eigenvalue weighted by Crippen LogP contribution is 2.37. The van der Waals surface area contributed by atoms with Crippen LogP contribution in [0.2, 0.25) is 0 Å².